The van der Waals surface area contributed by atoms with Crippen LogP contribution in [0.1, 0.15) is 42.6 Å². The largest absolute Gasteiger partial charge is 0.445 e. The number of thioether (sulfide) groups is 1. The molecule has 1 saturated heterocycles. The molecule has 0 amide bonds. The standard InChI is InChI=1S/C11H18N2OS/c12-6-3-4-9-8-13-11(14-9)10-5-1-2-7-15-10/h8,10H,1-7,12H2. The van der Waals surface area contributed by atoms with Crippen LogP contribution in [0, 0.1) is 0 Å². The lowest BCUT2D eigenvalue weighted by atomic mass is 10.2. The Morgan fingerprint density at radius 3 is 3.20 bits per heavy atom. The monoisotopic (exact) mass is 226 g/mol. The van der Waals surface area contributed by atoms with Crippen molar-refractivity contribution in [1.82, 2.24) is 4.98 Å². The zero-order valence-electron chi connectivity index (χ0n) is 8.95. The molecule has 0 aliphatic carbocycles. The molecule has 0 radical (unpaired) electrons. The van der Waals surface area contributed by atoms with Gasteiger partial charge in [-0.2, -0.15) is 0 Å². The maximum absolute atomic E-state index is 5.74. The molecule has 1 aliphatic rings. The summed E-state index contributed by atoms with van der Waals surface area (Å²) in [4.78, 5) is 4.36. The Morgan fingerprint density at radius 1 is 1.53 bits per heavy atom. The van der Waals surface area contributed by atoms with Crippen LogP contribution in [0.3, 0.4) is 0 Å². The number of hydrogen-bond acceptors (Lipinski definition) is 4. The summed E-state index contributed by atoms with van der Waals surface area (Å²) in [7, 11) is 0. The van der Waals surface area contributed by atoms with Gasteiger partial charge < -0.3 is 10.2 Å². The number of aryl methyl sites for hydroxylation is 1. The lowest BCUT2D eigenvalue weighted by Gasteiger charge is -2.17. The van der Waals surface area contributed by atoms with E-state index in [0.29, 0.717) is 11.8 Å². The topological polar surface area (TPSA) is 52.0 Å². The molecule has 0 aromatic carbocycles. The minimum atomic E-state index is 0.491. The van der Waals surface area contributed by atoms with Gasteiger partial charge in [-0.1, -0.05) is 6.42 Å². The van der Waals surface area contributed by atoms with Crippen molar-refractivity contribution in [1.29, 1.82) is 0 Å². The van der Waals surface area contributed by atoms with Gasteiger partial charge in [0.25, 0.3) is 0 Å². The number of hydrogen-bond donors (Lipinski definition) is 1. The first kappa shape index (κ1) is 11.0. The van der Waals surface area contributed by atoms with E-state index in [0.717, 1.165) is 24.5 Å². The minimum absolute atomic E-state index is 0.491. The van der Waals surface area contributed by atoms with Crippen LogP contribution in [0.15, 0.2) is 10.6 Å². The van der Waals surface area contributed by atoms with Crippen molar-refractivity contribution >= 4 is 11.8 Å². The van der Waals surface area contributed by atoms with E-state index in [9.17, 15) is 0 Å². The summed E-state index contributed by atoms with van der Waals surface area (Å²) in [5.74, 6) is 3.15. The van der Waals surface area contributed by atoms with Crippen molar-refractivity contribution in [2.24, 2.45) is 5.73 Å². The maximum Gasteiger partial charge on any atom is 0.207 e. The first-order valence-electron chi connectivity index (χ1n) is 5.66. The molecule has 4 heteroatoms. The zero-order valence-corrected chi connectivity index (χ0v) is 9.76. The number of nitrogens with zero attached hydrogens (tertiary/aromatic N) is 1. The summed E-state index contributed by atoms with van der Waals surface area (Å²) in [6.07, 6.45) is 7.61. The van der Waals surface area contributed by atoms with Gasteiger partial charge in [0.1, 0.15) is 5.76 Å². The van der Waals surface area contributed by atoms with Gasteiger partial charge in [-0.3, -0.25) is 0 Å². The van der Waals surface area contributed by atoms with Crippen molar-refractivity contribution in [2.75, 3.05) is 12.3 Å². The number of nitrogens with two attached hydrogens (primary N) is 1. The second-order valence-electron chi connectivity index (χ2n) is 3.91. The average molecular weight is 226 g/mol. The van der Waals surface area contributed by atoms with Crippen LogP contribution in [0.4, 0.5) is 0 Å². The lowest BCUT2D eigenvalue weighted by molar-refractivity contribution is 0.436. The van der Waals surface area contributed by atoms with E-state index in [4.69, 9.17) is 10.2 Å². The maximum atomic E-state index is 5.74. The van der Waals surface area contributed by atoms with Crippen molar-refractivity contribution in [3.05, 3.63) is 17.8 Å². The van der Waals surface area contributed by atoms with Crippen LogP contribution in [-0.4, -0.2) is 17.3 Å². The molecule has 1 aliphatic heterocycles. The number of oxazole rings is 1. The molecular formula is C11H18N2OS. The molecule has 15 heavy (non-hydrogen) atoms. The second kappa shape index (κ2) is 5.56. The molecule has 3 nitrogen and oxygen atoms in total. The van der Waals surface area contributed by atoms with Crippen LogP contribution in [0.25, 0.3) is 0 Å². The normalized spacial score (nSPS) is 21.8. The van der Waals surface area contributed by atoms with Gasteiger partial charge >= 0.3 is 0 Å². The van der Waals surface area contributed by atoms with Gasteiger partial charge in [0.15, 0.2) is 0 Å². The lowest BCUT2D eigenvalue weighted by Crippen LogP contribution is -2.02. The Labute approximate surface area is 94.8 Å². The van der Waals surface area contributed by atoms with Crippen molar-refractivity contribution in [3.63, 3.8) is 0 Å². The quantitative estimate of drug-likeness (QED) is 0.857. The smallest absolute Gasteiger partial charge is 0.207 e. The van der Waals surface area contributed by atoms with E-state index in [1.165, 1.54) is 25.0 Å². The summed E-state index contributed by atoms with van der Waals surface area (Å²) < 4.78 is 5.74. The Bertz CT molecular complexity index is 295. The third-order valence-corrected chi connectivity index (χ3v) is 4.02. The molecule has 2 N–H and O–H groups in total. The molecule has 0 bridgehead atoms. The van der Waals surface area contributed by atoms with Crippen LogP contribution in [0.5, 0.6) is 0 Å². The van der Waals surface area contributed by atoms with Crippen LogP contribution in [-0.2, 0) is 6.42 Å². The Kier molecular flexibility index (Phi) is 4.09. The van der Waals surface area contributed by atoms with E-state index < -0.39 is 0 Å². The first-order chi connectivity index (χ1) is 7.40. The fourth-order valence-corrected chi connectivity index (χ4v) is 3.04. The molecule has 84 valence electrons. The highest BCUT2D eigenvalue weighted by Crippen LogP contribution is 2.37. The molecule has 0 saturated carbocycles. The minimum Gasteiger partial charge on any atom is -0.445 e. The molecule has 1 fully saturated rings. The summed E-state index contributed by atoms with van der Waals surface area (Å²) >= 11 is 1.97. The second-order valence-corrected chi connectivity index (χ2v) is 5.22. The van der Waals surface area contributed by atoms with Gasteiger partial charge in [-0.15, -0.1) is 11.8 Å². The molecule has 1 unspecified atom stereocenters. The third-order valence-electron chi connectivity index (χ3n) is 2.65. The van der Waals surface area contributed by atoms with Crippen molar-refractivity contribution in [3.8, 4) is 0 Å². The molecule has 1 atom stereocenters. The Morgan fingerprint density at radius 2 is 2.47 bits per heavy atom. The molecular weight excluding hydrogens is 208 g/mol. The Balaban J connectivity index is 1.93. The highest BCUT2D eigenvalue weighted by atomic mass is 32.2. The van der Waals surface area contributed by atoms with E-state index in [2.05, 4.69) is 4.98 Å². The van der Waals surface area contributed by atoms with E-state index in [1.54, 1.807) is 0 Å². The summed E-state index contributed by atoms with van der Waals surface area (Å²) in [5.41, 5.74) is 5.46. The van der Waals surface area contributed by atoms with Gasteiger partial charge in [0, 0.05) is 6.42 Å². The zero-order chi connectivity index (χ0) is 10.5. The van der Waals surface area contributed by atoms with Crippen LogP contribution < -0.4 is 5.73 Å². The first-order valence-corrected chi connectivity index (χ1v) is 6.71. The van der Waals surface area contributed by atoms with E-state index >= 15 is 0 Å². The van der Waals surface area contributed by atoms with Gasteiger partial charge in [0.05, 0.1) is 11.4 Å². The molecule has 1 aromatic heterocycles. The molecule has 2 rings (SSSR count). The predicted octanol–water partition coefficient (Wildman–Crippen LogP) is 2.52. The summed E-state index contributed by atoms with van der Waals surface area (Å²) in [5, 5.41) is 0.491. The van der Waals surface area contributed by atoms with Crippen molar-refractivity contribution in [2.45, 2.75) is 37.4 Å². The highest BCUT2D eigenvalue weighted by Gasteiger charge is 2.20. The summed E-state index contributed by atoms with van der Waals surface area (Å²) in [6, 6.07) is 0. The third kappa shape index (κ3) is 2.98. The highest BCUT2D eigenvalue weighted by molar-refractivity contribution is 7.99. The fourth-order valence-electron chi connectivity index (χ4n) is 1.80. The van der Waals surface area contributed by atoms with Gasteiger partial charge in [-0.25, -0.2) is 4.98 Å². The fraction of sp³-hybridized carbons (Fsp3) is 0.727. The molecule has 1 aromatic rings. The van der Waals surface area contributed by atoms with Crippen molar-refractivity contribution < 1.29 is 4.42 Å². The number of aromatic nitrogens is 1. The predicted molar refractivity (Wildman–Crippen MR) is 62.9 cm³/mol. The van der Waals surface area contributed by atoms with Gasteiger partial charge in [0.2, 0.25) is 5.89 Å². The van der Waals surface area contributed by atoms with Crippen LogP contribution in [0.2, 0.25) is 0 Å². The number of rotatable bonds is 4. The summed E-state index contributed by atoms with van der Waals surface area (Å²) in [6.45, 7) is 0.716. The average Bonchev–Trinajstić information content (AvgIpc) is 2.76. The Hall–Kier alpha value is -0.480. The van der Waals surface area contributed by atoms with E-state index in [-0.39, 0.29) is 0 Å². The van der Waals surface area contributed by atoms with Gasteiger partial charge in [-0.05, 0) is 31.6 Å². The molecule has 0 spiro atoms. The SMILES string of the molecule is NCCCc1cnc(C2CCCCS2)o1. The molecule has 2 heterocycles. The van der Waals surface area contributed by atoms with Crippen LogP contribution >= 0.6 is 11.8 Å². The van der Waals surface area contributed by atoms with E-state index in [1.807, 2.05) is 18.0 Å².